The van der Waals surface area contributed by atoms with E-state index >= 15 is 0 Å². The molecule has 0 aliphatic heterocycles. The molecule has 0 aliphatic carbocycles. The average molecular weight is 432 g/mol. The van der Waals surface area contributed by atoms with Crippen LogP contribution >= 0.6 is 0 Å². The van der Waals surface area contributed by atoms with Gasteiger partial charge in [0.2, 0.25) is 5.95 Å². The largest absolute Gasteiger partial charge is 0.497 e. The van der Waals surface area contributed by atoms with Crippen molar-refractivity contribution in [1.29, 1.82) is 0 Å². The molecule has 1 heterocycles. The summed E-state index contributed by atoms with van der Waals surface area (Å²) in [4.78, 5) is 7.86. The Kier molecular flexibility index (Phi) is 6.24. The van der Waals surface area contributed by atoms with E-state index in [1.807, 2.05) is 20.8 Å². The van der Waals surface area contributed by atoms with Crippen LogP contribution in [0.1, 0.15) is 26.3 Å². The van der Waals surface area contributed by atoms with E-state index < -0.39 is 11.7 Å². The van der Waals surface area contributed by atoms with Crippen LogP contribution in [0.3, 0.4) is 0 Å². The van der Waals surface area contributed by atoms with E-state index in [-0.39, 0.29) is 17.4 Å². The number of nitrogens with zero attached hydrogens (tertiary/aromatic N) is 2. The molecule has 0 saturated heterocycles. The van der Waals surface area contributed by atoms with Gasteiger partial charge in [-0.1, -0.05) is 6.07 Å². The number of halogens is 3. The monoisotopic (exact) mass is 432 g/mol. The van der Waals surface area contributed by atoms with Crippen LogP contribution in [0.5, 0.6) is 11.5 Å². The van der Waals surface area contributed by atoms with E-state index in [1.165, 1.54) is 7.11 Å². The lowest BCUT2D eigenvalue weighted by molar-refractivity contribution is -0.137. The van der Waals surface area contributed by atoms with Gasteiger partial charge < -0.3 is 20.1 Å². The van der Waals surface area contributed by atoms with Gasteiger partial charge in [0, 0.05) is 23.6 Å². The highest BCUT2D eigenvalue weighted by molar-refractivity contribution is 5.64. The fraction of sp³-hybridized carbons (Fsp3) is 0.273. The third kappa shape index (κ3) is 6.24. The summed E-state index contributed by atoms with van der Waals surface area (Å²) in [6.45, 7) is 5.81. The minimum atomic E-state index is -4.62. The molecular weight excluding hydrogens is 409 g/mol. The van der Waals surface area contributed by atoms with Gasteiger partial charge in [-0.3, -0.25) is 0 Å². The third-order valence-corrected chi connectivity index (χ3v) is 3.96. The number of ether oxygens (including phenoxy) is 2. The highest BCUT2D eigenvalue weighted by Crippen LogP contribution is 2.35. The molecule has 2 N–H and O–H groups in total. The van der Waals surface area contributed by atoms with Crippen molar-refractivity contribution in [2.75, 3.05) is 17.7 Å². The molecule has 0 bridgehead atoms. The van der Waals surface area contributed by atoms with Crippen molar-refractivity contribution < 1.29 is 22.6 Å². The Balaban J connectivity index is 1.85. The molecule has 0 aliphatic rings. The van der Waals surface area contributed by atoms with Gasteiger partial charge >= 0.3 is 6.18 Å². The van der Waals surface area contributed by atoms with E-state index in [2.05, 4.69) is 20.6 Å². The zero-order valence-corrected chi connectivity index (χ0v) is 17.5. The van der Waals surface area contributed by atoms with Gasteiger partial charge in [0.1, 0.15) is 28.5 Å². The first-order chi connectivity index (χ1) is 14.5. The summed E-state index contributed by atoms with van der Waals surface area (Å²) in [7, 11) is 1.48. The number of hydrogen-bond acceptors (Lipinski definition) is 6. The Hall–Kier alpha value is -3.49. The van der Waals surface area contributed by atoms with Crippen LogP contribution in [-0.2, 0) is 6.18 Å². The topological polar surface area (TPSA) is 68.3 Å². The maximum absolute atomic E-state index is 13.5. The molecule has 0 spiro atoms. The van der Waals surface area contributed by atoms with Gasteiger partial charge in [-0.2, -0.15) is 18.2 Å². The lowest BCUT2D eigenvalue weighted by atomic mass is 10.2. The fourth-order valence-corrected chi connectivity index (χ4v) is 2.67. The molecule has 2 aromatic carbocycles. The summed E-state index contributed by atoms with van der Waals surface area (Å²) in [5.74, 6) is 0.823. The van der Waals surface area contributed by atoms with Crippen molar-refractivity contribution in [3.05, 3.63) is 60.3 Å². The van der Waals surface area contributed by atoms with Crippen molar-refractivity contribution in [2.45, 2.75) is 32.5 Å². The van der Waals surface area contributed by atoms with Crippen LogP contribution in [0.2, 0.25) is 0 Å². The lowest BCUT2D eigenvalue weighted by Crippen LogP contribution is -2.22. The predicted molar refractivity (Wildman–Crippen MR) is 113 cm³/mol. The molecule has 0 unspecified atom stereocenters. The summed E-state index contributed by atoms with van der Waals surface area (Å²) in [5, 5.41) is 5.62. The molecule has 31 heavy (non-hydrogen) atoms. The summed E-state index contributed by atoms with van der Waals surface area (Å²) < 4.78 is 51.2. The lowest BCUT2D eigenvalue weighted by Gasteiger charge is -2.21. The number of aromatic nitrogens is 2. The number of alkyl halides is 3. The Morgan fingerprint density at radius 2 is 1.58 bits per heavy atom. The summed E-state index contributed by atoms with van der Waals surface area (Å²) in [6, 6.07) is 13.5. The van der Waals surface area contributed by atoms with Crippen LogP contribution in [0.4, 0.5) is 36.3 Å². The van der Waals surface area contributed by atoms with Crippen LogP contribution in [-0.4, -0.2) is 22.7 Å². The van der Waals surface area contributed by atoms with Gasteiger partial charge in [-0.15, -0.1) is 0 Å². The van der Waals surface area contributed by atoms with Crippen molar-refractivity contribution in [3.63, 3.8) is 0 Å². The van der Waals surface area contributed by atoms with Crippen molar-refractivity contribution in [3.8, 4) is 11.5 Å². The van der Waals surface area contributed by atoms with E-state index in [9.17, 15) is 13.2 Å². The molecule has 0 fully saturated rings. The van der Waals surface area contributed by atoms with E-state index in [4.69, 9.17) is 9.47 Å². The van der Waals surface area contributed by atoms with Gasteiger partial charge in [-0.25, -0.2) is 4.98 Å². The minimum Gasteiger partial charge on any atom is -0.497 e. The Morgan fingerprint density at radius 1 is 0.871 bits per heavy atom. The molecule has 0 amide bonds. The Bertz CT molecular complexity index is 1030. The van der Waals surface area contributed by atoms with Gasteiger partial charge in [-0.05, 0) is 57.2 Å². The van der Waals surface area contributed by atoms with Crippen molar-refractivity contribution >= 4 is 23.1 Å². The first-order valence-corrected chi connectivity index (χ1v) is 9.45. The number of rotatable bonds is 6. The predicted octanol–water partition coefficient (Wildman–Crippen LogP) is 6.17. The van der Waals surface area contributed by atoms with E-state index in [0.717, 1.165) is 6.20 Å². The van der Waals surface area contributed by atoms with Gasteiger partial charge in [0.25, 0.3) is 0 Å². The molecule has 164 valence electrons. The van der Waals surface area contributed by atoms with Crippen LogP contribution in [0.25, 0.3) is 0 Å². The number of hydrogen-bond donors (Lipinski definition) is 2. The number of methoxy groups -OCH3 is 1. The normalized spacial score (nSPS) is 11.7. The molecule has 0 saturated carbocycles. The van der Waals surface area contributed by atoms with E-state index in [1.54, 1.807) is 48.5 Å². The van der Waals surface area contributed by atoms with Gasteiger partial charge in [0.15, 0.2) is 0 Å². The first-order valence-electron chi connectivity index (χ1n) is 9.45. The standard InChI is InChI=1S/C22H23F3N4O2/c1-21(2,3)31-16-10-8-14(9-11-16)28-20-26-13-18(22(23,24)25)19(29-20)27-15-6-5-7-17(12-15)30-4/h5-13H,1-4H3,(H2,26,27,28,29). The maximum Gasteiger partial charge on any atom is 0.421 e. The molecule has 6 nitrogen and oxygen atoms in total. The van der Waals surface area contributed by atoms with Crippen LogP contribution in [0, 0.1) is 0 Å². The second-order valence-electron chi connectivity index (χ2n) is 7.67. The zero-order valence-electron chi connectivity index (χ0n) is 17.5. The fourth-order valence-electron chi connectivity index (χ4n) is 2.67. The second-order valence-corrected chi connectivity index (χ2v) is 7.67. The molecule has 3 rings (SSSR count). The van der Waals surface area contributed by atoms with Crippen molar-refractivity contribution in [2.24, 2.45) is 0 Å². The molecule has 9 heteroatoms. The number of anilines is 4. The summed E-state index contributed by atoms with van der Waals surface area (Å²) in [6.07, 6.45) is -3.87. The maximum atomic E-state index is 13.5. The summed E-state index contributed by atoms with van der Waals surface area (Å²) >= 11 is 0. The molecular formula is C22H23F3N4O2. The highest BCUT2D eigenvalue weighted by atomic mass is 19.4. The average Bonchev–Trinajstić information content (AvgIpc) is 2.68. The Labute approximate surface area is 178 Å². The molecule has 0 atom stereocenters. The second kappa shape index (κ2) is 8.71. The minimum absolute atomic E-state index is 0.0166. The van der Waals surface area contributed by atoms with E-state index in [0.29, 0.717) is 22.9 Å². The SMILES string of the molecule is COc1cccc(Nc2nc(Nc3ccc(OC(C)(C)C)cc3)ncc2C(F)(F)F)c1. The third-order valence-electron chi connectivity index (χ3n) is 3.96. The smallest absolute Gasteiger partial charge is 0.421 e. The highest BCUT2D eigenvalue weighted by Gasteiger charge is 2.35. The zero-order chi connectivity index (χ0) is 22.6. The number of benzene rings is 2. The molecule has 0 radical (unpaired) electrons. The van der Waals surface area contributed by atoms with Crippen molar-refractivity contribution in [1.82, 2.24) is 9.97 Å². The van der Waals surface area contributed by atoms with Crippen LogP contribution < -0.4 is 20.1 Å². The molecule has 3 aromatic rings. The van der Waals surface area contributed by atoms with Crippen LogP contribution in [0.15, 0.2) is 54.7 Å². The first kappa shape index (κ1) is 22.2. The molecule has 1 aromatic heterocycles. The number of nitrogens with one attached hydrogen (secondary N) is 2. The van der Waals surface area contributed by atoms with Gasteiger partial charge in [0.05, 0.1) is 7.11 Å². The quantitative estimate of drug-likeness (QED) is 0.486. The Morgan fingerprint density at radius 3 is 2.19 bits per heavy atom. The summed E-state index contributed by atoms with van der Waals surface area (Å²) in [5.41, 5.74) is -0.312.